The van der Waals surface area contributed by atoms with Gasteiger partial charge >= 0.3 is 6.09 Å². The van der Waals surface area contributed by atoms with Gasteiger partial charge in [0.25, 0.3) is 0 Å². The predicted octanol–water partition coefficient (Wildman–Crippen LogP) is 1.56. The SMILES string of the molecule is O=C(NCCCO)OCCc1nc(Br)cs1. The van der Waals surface area contributed by atoms with Crippen LogP contribution in [0.1, 0.15) is 11.4 Å². The van der Waals surface area contributed by atoms with Gasteiger partial charge in [0.15, 0.2) is 0 Å². The van der Waals surface area contributed by atoms with Crippen LogP contribution in [0, 0.1) is 0 Å². The number of amides is 1. The third-order valence-electron chi connectivity index (χ3n) is 1.68. The minimum atomic E-state index is -0.455. The highest BCUT2D eigenvalue weighted by Gasteiger charge is 2.03. The maximum atomic E-state index is 11.1. The number of hydrogen-bond donors (Lipinski definition) is 2. The number of carbonyl (C=O) groups is 1. The topological polar surface area (TPSA) is 71.5 Å². The minimum absolute atomic E-state index is 0.0629. The summed E-state index contributed by atoms with van der Waals surface area (Å²) in [6.07, 6.45) is 0.696. The zero-order chi connectivity index (χ0) is 11.8. The molecular formula is C9H13BrN2O3S. The number of aliphatic hydroxyl groups is 1. The summed E-state index contributed by atoms with van der Waals surface area (Å²) in [5, 5.41) is 13.8. The Kier molecular flexibility index (Phi) is 6.36. The molecule has 1 rings (SSSR count). The lowest BCUT2D eigenvalue weighted by Crippen LogP contribution is -2.26. The van der Waals surface area contributed by atoms with Gasteiger partial charge in [-0.15, -0.1) is 11.3 Å². The molecule has 1 heterocycles. The Hall–Kier alpha value is -0.660. The third-order valence-corrected chi connectivity index (χ3v) is 3.29. The maximum Gasteiger partial charge on any atom is 0.407 e. The fourth-order valence-electron chi connectivity index (χ4n) is 0.955. The average molecular weight is 309 g/mol. The quantitative estimate of drug-likeness (QED) is 0.782. The van der Waals surface area contributed by atoms with E-state index in [0.717, 1.165) is 9.61 Å². The highest BCUT2D eigenvalue weighted by molar-refractivity contribution is 9.10. The van der Waals surface area contributed by atoms with Crippen LogP contribution in [0.15, 0.2) is 9.98 Å². The van der Waals surface area contributed by atoms with Crippen LogP contribution in [0.25, 0.3) is 0 Å². The molecule has 1 aromatic rings. The van der Waals surface area contributed by atoms with Gasteiger partial charge in [0.2, 0.25) is 0 Å². The van der Waals surface area contributed by atoms with Crippen molar-refractivity contribution in [3.8, 4) is 0 Å². The molecule has 2 N–H and O–H groups in total. The molecule has 0 radical (unpaired) electrons. The van der Waals surface area contributed by atoms with Crippen LogP contribution in [0.2, 0.25) is 0 Å². The molecule has 7 heteroatoms. The van der Waals surface area contributed by atoms with E-state index in [4.69, 9.17) is 9.84 Å². The number of hydrogen-bond acceptors (Lipinski definition) is 5. The van der Waals surface area contributed by atoms with Crippen molar-refractivity contribution in [3.05, 3.63) is 15.0 Å². The smallest absolute Gasteiger partial charge is 0.407 e. The van der Waals surface area contributed by atoms with E-state index >= 15 is 0 Å². The Morgan fingerprint density at radius 1 is 1.69 bits per heavy atom. The Balaban J connectivity index is 2.08. The molecule has 0 bridgehead atoms. The first-order valence-corrected chi connectivity index (χ1v) is 6.51. The number of nitrogens with one attached hydrogen (secondary N) is 1. The van der Waals surface area contributed by atoms with Crippen LogP contribution in [-0.4, -0.2) is 35.9 Å². The molecule has 0 aromatic carbocycles. The number of aromatic nitrogens is 1. The zero-order valence-corrected chi connectivity index (χ0v) is 11.0. The Bertz CT molecular complexity index is 332. The van der Waals surface area contributed by atoms with Gasteiger partial charge in [0, 0.05) is 25.0 Å². The van der Waals surface area contributed by atoms with E-state index in [2.05, 4.69) is 26.2 Å². The lowest BCUT2D eigenvalue weighted by molar-refractivity contribution is 0.146. The maximum absolute atomic E-state index is 11.1. The Labute approximate surface area is 106 Å². The minimum Gasteiger partial charge on any atom is -0.449 e. The second-order valence-electron chi connectivity index (χ2n) is 2.95. The molecule has 0 aliphatic rings. The molecule has 0 aliphatic carbocycles. The molecule has 1 aromatic heterocycles. The van der Waals surface area contributed by atoms with E-state index in [0.29, 0.717) is 26.0 Å². The van der Waals surface area contributed by atoms with Gasteiger partial charge in [-0.2, -0.15) is 0 Å². The molecule has 0 fully saturated rings. The van der Waals surface area contributed by atoms with Crippen LogP contribution in [0.3, 0.4) is 0 Å². The third kappa shape index (κ3) is 5.43. The summed E-state index contributed by atoms with van der Waals surface area (Å²) < 4.78 is 5.73. The summed E-state index contributed by atoms with van der Waals surface area (Å²) >= 11 is 4.77. The standard InChI is InChI=1S/C9H13BrN2O3S/c10-7-6-16-8(12-7)2-5-15-9(14)11-3-1-4-13/h6,13H,1-5H2,(H,11,14). The van der Waals surface area contributed by atoms with E-state index in [1.807, 2.05) is 5.38 Å². The van der Waals surface area contributed by atoms with Gasteiger partial charge in [-0.25, -0.2) is 9.78 Å². The summed E-state index contributed by atoms with van der Waals surface area (Å²) in [5.74, 6) is 0. The number of halogens is 1. The molecule has 16 heavy (non-hydrogen) atoms. The lowest BCUT2D eigenvalue weighted by Gasteiger charge is -2.04. The monoisotopic (exact) mass is 308 g/mol. The van der Waals surface area contributed by atoms with Gasteiger partial charge in [-0.3, -0.25) is 0 Å². The number of aliphatic hydroxyl groups excluding tert-OH is 1. The second kappa shape index (κ2) is 7.59. The summed E-state index contributed by atoms with van der Waals surface area (Å²) in [4.78, 5) is 15.2. The predicted molar refractivity (Wildman–Crippen MR) is 64.6 cm³/mol. The number of alkyl carbamates (subject to hydrolysis) is 1. The van der Waals surface area contributed by atoms with Crippen molar-refractivity contribution in [1.29, 1.82) is 0 Å². The largest absolute Gasteiger partial charge is 0.449 e. The van der Waals surface area contributed by atoms with Crippen molar-refractivity contribution in [1.82, 2.24) is 10.3 Å². The van der Waals surface area contributed by atoms with E-state index in [-0.39, 0.29) is 6.61 Å². The van der Waals surface area contributed by atoms with E-state index in [1.165, 1.54) is 11.3 Å². The highest BCUT2D eigenvalue weighted by atomic mass is 79.9. The first-order valence-electron chi connectivity index (χ1n) is 4.83. The van der Waals surface area contributed by atoms with Crippen molar-refractivity contribution in [2.75, 3.05) is 19.8 Å². The van der Waals surface area contributed by atoms with Gasteiger partial charge in [-0.1, -0.05) is 0 Å². The number of ether oxygens (including phenoxy) is 1. The average Bonchev–Trinajstić information content (AvgIpc) is 2.65. The first kappa shape index (κ1) is 13.4. The van der Waals surface area contributed by atoms with Crippen LogP contribution >= 0.6 is 27.3 Å². The summed E-state index contributed by atoms with van der Waals surface area (Å²) in [6, 6.07) is 0. The number of carbonyl (C=O) groups excluding carboxylic acids is 1. The van der Waals surface area contributed by atoms with Crippen molar-refractivity contribution in [2.24, 2.45) is 0 Å². The van der Waals surface area contributed by atoms with Crippen molar-refractivity contribution in [3.63, 3.8) is 0 Å². The normalized spacial score (nSPS) is 10.1. The van der Waals surface area contributed by atoms with Crippen LogP contribution in [0.5, 0.6) is 0 Å². The van der Waals surface area contributed by atoms with E-state index < -0.39 is 6.09 Å². The molecule has 0 aliphatic heterocycles. The summed E-state index contributed by atoms with van der Waals surface area (Å²) in [6.45, 7) is 0.802. The number of nitrogens with zero attached hydrogens (tertiary/aromatic N) is 1. The van der Waals surface area contributed by atoms with Gasteiger partial charge in [0.1, 0.15) is 4.60 Å². The molecule has 0 atom stereocenters. The zero-order valence-electron chi connectivity index (χ0n) is 8.61. The van der Waals surface area contributed by atoms with Gasteiger partial charge < -0.3 is 15.2 Å². The number of rotatable bonds is 6. The van der Waals surface area contributed by atoms with Crippen molar-refractivity contribution >= 4 is 33.4 Å². The molecule has 0 saturated heterocycles. The highest BCUT2D eigenvalue weighted by Crippen LogP contribution is 2.14. The molecular weight excluding hydrogens is 296 g/mol. The molecule has 1 amide bonds. The van der Waals surface area contributed by atoms with E-state index in [9.17, 15) is 4.79 Å². The molecule has 0 saturated carbocycles. The fourth-order valence-corrected chi connectivity index (χ4v) is 2.20. The second-order valence-corrected chi connectivity index (χ2v) is 4.71. The number of thiazole rings is 1. The van der Waals surface area contributed by atoms with Gasteiger partial charge in [0.05, 0.1) is 11.6 Å². The van der Waals surface area contributed by atoms with Gasteiger partial charge in [-0.05, 0) is 22.4 Å². The Morgan fingerprint density at radius 3 is 3.12 bits per heavy atom. The van der Waals surface area contributed by atoms with Crippen LogP contribution in [-0.2, 0) is 11.2 Å². The van der Waals surface area contributed by atoms with E-state index in [1.54, 1.807) is 0 Å². The molecule has 90 valence electrons. The van der Waals surface area contributed by atoms with Crippen molar-refractivity contribution in [2.45, 2.75) is 12.8 Å². The Morgan fingerprint density at radius 2 is 2.50 bits per heavy atom. The van der Waals surface area contributed by atoms with Crippen molar-refractivity contribution < 1.29 is 14.6 Å². The molecule has 0 spiro atoms. The van der Waals surface area contributed by atoms with Crippen LogP contribution < -0.4 is 5.32 Å². The molecule has 5 nitrogen and oxygen atoms in total. The molecule has 0 unspecified atom stereocenters. The fraction of sp³-hybridized carbons (Fsp3) is 0.556. The summed E-state index contributed by atoms with van der Waals surface area (Å²) in [7, 11) is 0. The van der Waals surface area contributed by atoms with Crippen LogP contribution in [0.4, 0.5) is 4.79 Å². The lowest BCUT2D eigenvalue weighted by atomic mass is 10.4. The summed E-state index contributed by atoms with van der Waals surface area (Å²) in [5.41, 5.74) is 0. The first-order chi connectivity index (χ1) is 7.72.